The lowest BCUT2D eigenvalue weighted by atomic mass is 9.76. The number of hydrogen-bond donors (Lipinski definition) is 1. The third kappa shape index (κ3) is 2.68. The Labute approximate surface area is 81.3 Å². The molecule has 2 heteroatoms. The van der Waals surface area contributed by atoms with E-state index >= 15 is 0 Å². The molecule has 1 rings (SSSR count). The van der Waals surface area contributed by atoms with Gasteiger partial charge in [0.05, 0.1) is 16.8 Å². The predicted molar refractivity (Wildman–Crippen MR) is 53.7 cm³/mol. The van der Waals surface area contributed by atoms with Gasteiger partial charge in [-0.05, 0) is 34.1 Å². The van der Waals surface area contributed by atoms with Crippen molar-refractivity contribution >= 4 is 0 Å². The van der Waals surface area contributed by atoms with E-state index in [-0.39, 0.29) is 11.2 Å². The molecule has 1 aliphatic rings. The van der Waals surface area contributed by atoms with Crippen molar-refractivity contribution < 1.29 is 9.84 Å². The van der Waals surface area contributed by atoms with Crippen molar-refractivity contribution in [2.45, 2.75) is 70.7 Å². The fourth-order valence-corrected chi connectivity index (χ4v) is 2.72. The monoisotopic (exact) mass is 186 g/mol. The molecule has 1 aliphatic heterocycles. The van der Waals surface area contributed by atoms with E-state index < -0.39 is 5.60 Å². The Morgan fingerprint density at radius 2 is 1.46 bits per heavy atom. The van der Waals surface area contributed by atoms with Crippen molar-refractivity contribution in [3.05, 3.63) is 0 Å². The molecule has 0 radical (unpaired) electrons. The minimum Gasteiger partial charge on any atom is -0.390 e. The highest BCUT2D eigenvalue weighted by Crippen LogP contribution is 2.42. The van der Waals surface area contributed by atoms with Gasteiger partial charge in [-0.15, -0.1) is 0 Å². The highest BCUT2D eigenvalue weighted by atomic mass is 16.5. The van der Waals surface area contributed by atoms with Gasteiger partial charge < -0.3 is 9.84 Å². The number of hydrogen-bond acceptors (Lipinski definition) is 2. The zero-order chi connectivity index (χ0) is 10.3. The number of ether oxygens (including phenoxy) is 1. The first-order chi connectivity index (χ1) is 5.68. The molecule has 1 heterocycles. The van der Waals surface area contributed by atoms with Gasteiger partial charge in [-0.1, -0.05) is 6.92 Å². The van der Waals surface area contributed by atoms with Crippen LogP contribution in [0.3, 0.4) is 0 Å². The lowest BCUT2D eigenvalue weighted by molar-refractivity contribution is -0.220. The SMILES string of the molecule is CCC1(O)CC(C)(C)OC(C)(C)C1. The largest absolute Gasteiger partial charge is 0.390 e. The molecule has 0 bridgehead atoms. The van der Waals surface area contributed by atoms with Crippen molar-refractivity contribution in [1.82, 2.24) is 0 Å². The molecule has 0 unspecified atom stereocenters. The van der Waals surface area contributed by atoms with Crippen LogP contribution in [0.1, 0.15) is 53.9 Å². The van der Waals surface area contributed by atoms with Gasteiger partial charge in [0.1, 0.15) is 0 Å². The molecule has 13 heavy (non-hydrogen) atoms. The standard InChI is InChI=1S/C11H22O2/c1-6-11(12)7-9(2,3)13-10(4,5)8-11/h12H,6-8H2,1-5H3. The molecule has 2 nitrogen and oxygen atoms in total. The van der Waals surface area contributed by atoms with E-state index in [1.54, 1.807) is 0 Å². The van der Waals surface area contributed by atoms with Crippen LogP contribution in [0.4, 0.5) is 0 Å². The van der Waals surface area contributed by atoms with Gasteiger partial charge >= 0.3 is 0 Å². The van der Waals surface area contributed by atoms with Crippen LogP contribution in [0.5, 0.6) is 0 Å². The summed E-state index contributed by atoms with van der Waals surface area (Å²) >= 11 is 0. The molecule has 78 valence electrons. The molecule has 1 saturated heterocycles. The Bertz CT molecular complexity index is 178. The Morgan fingerprint density at radius 1 is 1.08 bits per heavy atom. The van der Waals surface area contributed by atoms with Crippen LogP contribution in [0.2, 0.25) is 0 Å². The van der Waals surface area contributed by atoms with Crippen LogP contribution in [-0.4, -0.2) is 21.9 Å². The summed E-state index contributed by atoms with van der Waals surface area (Å²) in [6.45, 7) is 10.2. The van der Waals surface area contributed by atoms with Gasteiger partial charge in [0, 0.05) is 12.8 Å². The number of rotatable bonds is 1. The van der Waals surface area contributed by atoms with Gasteiger partial charge in [0.2, 0.25) is 0 Å². The lowest BCUT2D eigenvalue weighted by Crippen LogP contribution is -2.53. The smallest absolute Gasteiger partial charge is 0.0699 e. The van der Waals surface area contributed by atoms with Crippen molar-refractivity contribution in [2.75, 3.05) is 0 Å². The van der Waals surface area contributed by atoms with E-state index in [1.165, 1.54) is 0 Å². The van der Waals surface area contributed by atoms with Crippen LogP contribution in [-0.2, 0) is 4.74 Å². The summed E-state index contributed by atoms with van der Waals surface area (Å²) in [5, 5.41) is 10.3. The fraction of sp³-hybridized carbons (Fsp3) is 1.00. The highest BCUT2D eigenvalue weighted by Gasteiger charge is 2.46. The molecule has 1 fully saturated rings. The first-order valence-electron chi connectivity index (χ1n) is 5.11. The summed E-state index contributed by atoms with van der Waals surface area (Å²) in [6.07, 6.45) is 2.28. The Balaban J connectivity index is 2.84. The topological polar surface area (TPSA) is 29.5 Å². The molecule has 0 amide bonds. The molecule has 0 aromatic carbocycles. The summed E-state index contributed by atoms with van der Waals surface area (Å²) < 4.78 is 5.90. The van der Waals surface area contributed by atoms with Crippen LogP contribution in [0, 0.1) is 0 Å². The molecular weight excluding hydrogens is 164 g/mol. The molecule has 0 aromatic rings. The molecule has 0 spiro atoms. The minimum atomic E-state index is -0.536. The van der Waals surface area contributed by atoms with Crippen molar-refractivity contribution in [3.8, 4) is 0 Å². The van der Waals surface area contributed by atoms with E-state index in [2.05, 4.69) is 27.7 Å². The van der Waals surface area contributed by atoms with Crippen LogP contribution < -0.4 is 0 Å². The lowest BCUT2D eigenvalue weighted by Gasteiger charge is -2.49. The zero-order valence-corrected chi connectivity index (χ0v) is 9.48. The van der Waals surface area contributed by atoms with Gasteiger partial charge in [0.15, 0.2) is 0 Å². The van der Waals surface area contributed by atoms with E-state index in [0.717, 1.165) is 19.3 Å². The second-order valence-corrected chi connectivity index (χ2v) is 5.55. The maximum atomic E-state index is 10.3. The summed E-state index contributed by atoms with van der Waals surface area (Å²) in [4.78, 5) is 0. The van der Waals surface area contributed by atoms with Crippen molar-refractivity contribution in [1.29, 1.82) is 0 Å². The maximum absolute atomic E-state index is 10.3. The zero-order valence-electron chi connectivity index (χ0n) is 9.48. The quantitative estimate of drug-likeness (QED) is 0.681. The van der Waals surface area contributed by atoms with Crippen LogP contribution >= 0.6 is 0 Å². The van der Waals surface area contributed by atoms with Crippen molar-refractivity contribution in [2.24, 2.45) is 0 Å². The summed E-state index contributed by atoms with van der Waals surface area (Å²) in [5.41, 5.74) is -0.940. The molecule has 0 atom stereocenters. The van der Waals surface area contributed by atoms with E-state index in [9.17, 15) is 5.11 Å². The third-order valence-electron chi connectivity index (χ3n) is 2.72. The Hall–Kier alpha value is -0.0800. The van der Waals surface area contributed by atoms with Gasteiger partial charge in [-0.25, -0.2) is 0 Å². The molecular formula is C11H22O2. The summed E-state index contributed by atoms with van der Waals surface area (Å²) in [7, 11) is 0. The first kappa shape index (κ1) is 11.0. The minimum absolute atomic E-state index is 0.202. The second kappa shape index (κ2) is 2.96. The van der Waals surface area contributed by atoms with E-state index in [0.29, 0.717) is 0 Å². The molecule has 0 aliphatic carbocycles. The average Bonchev–Trinajstić information content (AvgIpc) is 1.79. The Kier molecular flexibility index (Phi) is 2.50. The van der Waals surface area contributed by atoms with Gasteiger partial charge in [0.25, 0.3) is 0 Å². The second-order valence-electron chi connectivity index (χ2n) is 5.55. The predicted octanol–water partition coefficient (Wildman–Crippen LogP) is 2.50. The Morgan fingerprint density at radius 3 is 1.77 bits per heavy atom. The van der Waals surface area contributed by atoms with E-state index in [4.69, 9.17) is 4.74 Å². The summed E-state index contributed by atoms with van der Waals surface area (Å²) in [5.74, 6) is 0. The van der Waals surface area contributed by atoms with Crippen LogP contribution in [0.15, 0.2) is 0 Å². The van der Waals surface area contributed by atoms with Gasteiger partial charge in [-0.2, -0.15) is 0 Å². The maximum Gasteiger partial charge on any atom is 0.0699 e. The van der Waals surface area contributed by atoms with Crippen LogP contribution in [0.25, 0.3) is 0 Å². The van der Waals surface area contributed by atoms with Gasteiger partial charge in [-0.3, -0.25) is 0 Å². The summed E-state index contributed by atoms with van der Waals surface area (Å²) in [6, 6.07) is 0. The molecule has 1 N–H and O–H groups in total. The highest BCUT2D eigenvalue weighted by molar-refractivity contribution is 4.96. The normalized spacial score (nSPS) is 30.0. The fourth-order valence-electron chi connectivity index (χ4n) is 2.72. The first-order valence-corrected chi connectivity index (χ1v) is 5.11. The molecule has 0 aromatic heterocycles. The molecule has 0 saturated carbocycles. The number of aliphatic hydroxyl groups is 1. The van der Waals surface area contributed by atoms with E-state index in [1.807, 2.05) is 6.92 Å². The average molecular weight is 186 g/mol. The van der Waals surface area contributed by atoms with Crippen molar-refractivity contribution in [3.63, 3.8) is 0 Å². The third-order valence-corrected chi connectivity index (χ3v) is 2.72.